The van der Waals surface area contributed by atoms with Crippen LogP contribution in [0.2, 0.25) is 0 Å². The van der Waals surface area contributed by atoms with E-state index in [1.54, 1.807) is 0 Å². The highest BCUT2D eigenvalue weighted by atomic mass is 32.2. The van der Waals surface area contributed by atoms with Crippen molar-refractivity contribution in [3.8, 4) is 0 Å². The van der Waals surface area contributed by atoms with Gasteiger partial charge < -0.3 is 19.8 Å². The molecule has 0 saturated heterocycles. The molecule has 2 atom stereocenters. The minimum Gasteiger partial charge on any atom is -0.549 e. The van der Waals surface area contributed by atoms with Gasteiger partial charge in [-0.3, -0.25) is 4.55 Å². The molecular formula is C22H40O7S2-2. The average molecular weight is 481 g/mol. The van der Waals surface area contributed by atoms with E-state index in [2.05, 4.69) is 6.92 Å². The van der Waals surface area contributed by atoms with Crippen molar-refractivity contribution in [2.75, 3.05) is 5.75 Å². The van der Waals surface area contributed by atoms with Crippen LogP contribution in [0.15, 0.2) is 0 Å². The minimum atomic E-state index is -5.09. The first-order valence-electron chi connectivity index (χ1n) is 11.7. The molecule has 0 saturated carbocycles. The Morgan fingerprint density at radius 3 is 1.35 bits per heavy atom. The van der Waals surface area contributed by atoms with Gasteiger partial charge in [0.1, 0.15) is 5.25 Å². The van der Waals surface area contributed by atoms with Gasteiger partial charge in [-0.05, 0) is 12.2 Å². The number of rotatable bonds is 22. The van der Waals surface area contributed by atoms with Crippen molar-refractivity contribution in [2.45, 2.75) is 120 Å². The summed E-state index contributed by atoms with van der Waals surface area (Å²) in [7, 11) is -5.09. The monoisotopic (exact) mass is 480 g/mol. The Labute approximate surface area is 192 Å². The van der Waals surface area contributed by atoms with Crippen molar-refractivity contribution in [2.24, 2.45) is 0 Å². The second-order valence-electron chi connectivity index (χ2n) is 8.17. The second-order valence-corrected chi connectivity index (χ2v) is 11.0. The maximum absolute atomic E-state index is 11.1. The summed E-state index contributed by atoms with van der Waals surface area (Å²) in [4.78, 5) is 22.0. The van der Waals surface area contributed by atoms with Crippen LogP contribution in [-0.2, 0) is 19.7 Å². The summed E-state index contributed by atoms with van der Waals surface area (Å²) < 4.78 is 31.2. The lowest BCUT2D eigenvalue weighted by Crippen LogP contribution is -2.53. The molecule has 9 heteroatoms. The highest BCUT2D eigenvalue weighted by Crippen LogP contribution is 2.22. The van der Waals surface area contributed by atoms with Crippen LogP contribution in [0.3, 0.4) is 0 Å². The molecule has 0 aromatic carbocycles. The normalized spacial score (nSPS) is 13.7. The van der Waals surface area contributed by atoms with E-state index in [9.17, 15) is 28.2 Å². The summed E-state index contributed by atoms with van der Waals surface area (Å²) in [5.74, 6) is -3.71. The van der Waals surface area contributed by atoms with Gasteiger partial charge >= 0.3 is 0 Å². The summed E-state index contributed by atoms with van der Waals surface area (Å²) in [5, 5.41) is 17.6. The topological polar surface area (TPSA) is 135 Å². The van der Waals surface area contributed by atoms with E-state index in [1.165, 1.54) is 77.0 Å². The fourth-order valence-electron chi connectivity index (χ4n) is 3.54. The van der Waals surface area contributed by atoms with Crippen molar-refractivity contribution in [3.05, 3.63) is 0 Å². The molecule has 0 aliphatic heterocycles. The quantitative estimate of drug-likeness (QED) is 0.184. The first-order valence-corrected chi connectivity index (χ1v) is 14.3. The molecule has 0 spiro atoms. The predicted octanol–water partition coefficient (Wildman–Crippen LogP) is 3.11. The summed E-state index contributed by atoms with van der Waals surface area (Å²) in [6.07, 6.45) is 19.3. The van der Waals surface area contributed by atoms with Gasteiger partial charge in [-0.25, -0.2) is 0 Å². The second kappa shape index (κ2) is 18.7. The molecular weight excluding hydrogens is 440 g/mol. The zero-order valence-corrected chi connectivity index (χ0v) is 20.5. The molecule has 2 unspecified atom stereocenters. The highest BCUT2D eigenvalue weighted by molar-refractivity contribution is 8.01. The fraction of sp³-hybridized carbons (Fsp3) is 0.909. The fourth-order valence-corrected chi connectivity index (χ4v) is 5.91. The summed E-state index contributed by atoms with van der Waals surface area (Å²) in [6.45, 7) is 2.24. The molecule has 184 valence electrons. The number of thioether (sulfide) groups is 1. The van der Waals surface area contributed by atoms with Crippen molar-refractivity contribution in [3.63, 3.8) is 0 Å². The van der Waals surface area contributed by atoms with Gasteiger partial charge in [0, 0.05) is 0 Å². The van der Waals surface area contributed by atoms with E-state index in [4.69, 9.17) is 4.55 Å². The first kappa shape index (κ1) is 30.2. The number of carbonyl (C=O) groups is 2. The van der Waals surface area contributed by atoms with Crippen molar-refractivity contribution >= 4 is 33.8 Å². The number of unbranched alkanes of at least 4 members (excludes halogenated alkanes) is 15. The van der Waals surface area contributed by atoms with Gasteiger partial charge in [-0.2, -0.15) is 20.2 Å². The largest absolute Gasteiger partial charge is 0.549 e. The Morgan fingerprint density at radius 1 is 0.710 bits per heavy atom. The molecule has 0 aromatic rings. The zero-order chi connectivity index (χ0) is 23.5. The van der Waals surface area contributed by atoms with Crippen LogP contribution in [0.5, 0.6) is 0 Å². The maximum Gasteiger partial charge on any atom is 0.274 e. The number of hydrogen-bond acceptors (Lipinski definition) is 7. The SMILES string of the molecule is CCCCCCCCCCCCCCCCCCSC(C(=O)[O-])C(C(=O)[O-])S(=O)(=O)O. The molecule has 0 radical (unpaired) electrons. The number of carboxylic acids is 2. The molecule has 0 rings (SSSR count). The number of carboxylic acid groups (broad SMARTS) is 2. The van der Waals surface area contributed by atoms with Gasteiger partial charge in [0.15, 0.2) is 0 Å². The lowest BCUT2D eigenvalue weighted by atomic mass is 10.0. The van der Waals surface area contributed by atoms with Gasteiger partial charge in [0.2, 0.25) is 0 Å². The van der Waals surface area contributed by atoms with Crippen molar-refractivity contribution in [1.29, 1.82) is 0 Å². The summed E-state index contributed by atoms with van der Waals surface area (Å²) >= 11 is 0.657. The number of hydrogen-bond donors (Lipinski definition) is 1. The van der Waals surface area contributed by atoms with Gasteiger partial charge in [0.05, 0.1) is 17.2 Å². The van der Waals surface area contributed by atoms with Crippen LogP contribution in [-0.4, -0.2) is 41.2 Å². The molecule has 0 aromatic heterocycles. The number of carbonyl (C=O) groups excluding carboxylic acids is 2. The van der Waals surface area contributed by atoms with Gasteiger partial charge in [-0.15, -0.1) is 0 Å². The minimum absolute atomic E-state index is 0.274. The van der Waals surface area contributed by atoms with Crippen molar-refractivity contribution < 1.29 is 32.8 Å². The van der Waals surface area contributed by atoms with Crippen LogP contribution in [0.4, 0.5) is 0 Å². The third kappa shape index (κ3) is 16.5. The Balaban J connectivity index is 3.68. The third-order valence-electron chi connectivity index (χ3n) is 5.36. The molecule has 7 nitrogen and oxygen atoms in total. The van der Waals surface area contributed by atoms with Crippen LogP contribution >= 0.6 is 11.8 Å². The van der Waals surface area contributed by atoms with E-state index in [-0.39, 0.29) is 5.75 Å². The molecule has 0 fully saturated rings. The Bertz CT molecular complexity index is 578. The molecule has 0 heterocycles. The van der Waals surface area contributed by atoms with Crippen LogP contribution in [0, 0.1) is 0 Å². The van der Waals surface area contributed by atoms with E-state index in [1.807, 2.05) is 0 Å². The highest BCUT2D eigenvalue weighted by Gasteiger charge is 2.34. The molecule has 0 aliphatic rings. The molecule has 0 aliphatic carbocycles. The standard InChI is InChI=1S/C22H42O7S2/c1-2-3-4-5-6-7-8-9-10-11-12-13-14-15-16-17-18-30-19(21(23)24)20(22(25)26)31(27,28)29/h19-20H,2-18H2,1H3,(H,23,24)(H,25,26)(H,27,28,29)/p-2. The lowest BCUT2D eigenvalue weighted by molar-refractivity contribution is -0.313. The van der Waals surface area contributed by atoms with Crippen molar-refractivity contribution in [1.82, 2.24) is 0 Å². The lowest BCUT2D eigenvalue weighted by Gasteiger charge is -2.25. The summed E-state index contributed by atoms with van der Waals surface area (Å²) in [5.41, 5.74) is 0. The van der Waals surface area contributed by atoms with E-state index >= 15 is 0 Å². The Morgan fingerprint density at radius 2 is 1.06 bits per heavy atom. The van der Waals surface area contributed by atoms with E-state index in [0.717, 1.165) is 19.3 Å². The van der Waals surface area contributed by atoms with Gasteiger partial charge in [-0.1, -0.05) is 103 Å². The Hall–Kier alpha value is -0.800. The molecule has 1 N–H and O–H groups in total. The Kier molecular flexibility index (Phi) is 18.3. The van der Waals surface area contributed by atoms with Crippen LogP contribution in [0.25, 0.3) is 0 Å². The van der Waals surface area contributed by atoms with E-state index < -0.39 is 32.6 Å². The van der Waals surface area contributed by atoms with Gasteiger partial charge in [0.25, 0.3) is 10.1 Å². The summed E-state index contributed by atoms with van der Waals surface area (Å²) in [6, 6.07) is 0. The molecule has 0 amide bonds. The smallest absolute Gasteiger partial charge is 0.274 e. The third-order valence-corrected chi connectivity index (χ3v) is 7.98. The number of aliphatic carboxylic acids is 2. The predicted molar refractivity (Wildman–Crippen MR) is 121 cm³/mol. The zero-order valence-electron chi connectivity index (χ0n) is 18.9. The molecule has 0 bridgehead atoms. The van der Waals surface area contributed by atoms with Crippen LogP contribution < -0.4 is 10.2 Å². The van der Waals surface area contributed by atoms with E-state index in [0.29, 0.717) is 18.2 Å². The molecule has 31 heavy (non-hydrogen) atoms. The average Bonchev–Trinajstić information content (AvgIpc) is 2.67. The first-order chi connectivity index (χ1) is 14.7. The van der Waals surface area contributed by atoms with Crippen LogP contribution in [0.1, 0.15) is 110 Å². The maximum atomic E-state index is 11.1.